The molecule has 0 atom stereocenters. The Balaban J connectivity index is 1.84. The van der Waals surface area contributed by atoms with Gasteiger partial charge in [-0.15, -0.1) is 0 Å². The third kappa shape index (κ3) is 5.38. The Morgan fingerprint density at radius 1 is 1.04 bits per heavy atom. The highest BCUT2D eigenvalue weighted by molar-refractivity contribution is 6.33. The number of rotatable bonds is 5. The van der Waals surface area contributed by atoms with E-state index in [1.54, 1.807) is 12.1 Å². The van der Waals surface area contributed by atoms with E-state index in [2.05, 4.69) is 10.2 Å². The number of carbonyl (C=O) groups excluding carboxylic acids is 3. The number of nitrogens with one attached hydrogen (secondary N) is 2. The summed E-state index contributed by atoms with van der Waals surface area (Å²) in [6.07, 6.45) is 0. The lowest BCUT2D eigenvalue weighted by Crippen LogP contribution is -2.43. The third-order valence-electron chi connectivity index (χ3n) is 3.23. The maximum absolute atomic E-state index is 13.2. The molecule has 142 valence electrons. The summed E-state index contributed by atoms with van der Waals surface area (Å²) >= 11 is 5.63. The van der Waals surface area contributed by atoms with Gasteiger partial charge in [-0.05, 0) is 36.4 Å². The molecule has 2 rings (SSSR count). The van der Waals surface area contributed by atoms with Crippen molar-refractivity contribution in [1.82, 2.24) is 10.9 Å². The summed E-state index contributed by atoms with van der Waals surface area (Å²) in [6.45, 7) is -0.781. The minimum Gasteiger partial charge on any atom is -0.497 e. The van der Waals surface area contributed by atoms with E-state index in [9.17, 15) is 23.2 Å². The fourth-order valence-corrected chi connectivity index (χ4v) is 2.09. The van der Waals surface area contributed by atoms with Crippen molar-refractivity contribution in [3.63, 3.8) is 0 Å². The molecule has 2 aromatic rings. The second kappa shape index (κ2) is 8.95. The number of carbonyl (C=O) groups is 3. The van der Waals surface area contributed by atoms with Gasteiger partial charge in [-0.3, -0.25) is 20.4 Å². The smallest absolute Gasteiger partial charge is 0.340 e. The zero-order valence-electron chi connectivity index (χ0n) is 13.8. The fraction of sp³-hybridized carbons (Fsp3) is 0.118. The molecule has 0 unspecified atom stereocenters. The first-order chi connectivity index (χ1) is 12.8. The molecular formula is C17H13ClF2N2O5. The monoisotopic (exact) mass is 398 g/mol. The molecule has 2 amide bonds. The molecule has 0 radical (unpaired) electrons. The number of amides is 2. The van der Waals surface area contributed by atoms with Crippen molar-refractivity contribution >= 4 is 29.4 Å². The Bertz CT molecular complexity index is 874. The predicted octanol–water partition coefficient (Wildman–Crippen LogP) is 2.24. The molecule has 0 spiro atoms. The molecule has 0 aliphatic heterocycles. The number of hydrogen-bond acceptors (Lipinski definition) is 5. The summed E-state index contributed by atoms with van der Waals surface area (Å²) in [7, 11) is 1.48. The molecule has 7 nitrogen and oxygen atoms in total. The summed E-state index contributed by atoms with van der Waals surface area (Å²) in [5.41, 5.74) is 3.97. The summed E-state index contributed by atoms with van der Waals surface area (Å²) in [6, 6.07) is 7.25. The highest BCUT2D eigenvalue weighted by atomic mass is 35.5. The molecule has 0 fully saturated rings. The molecule has 2 aromatic carbocycles. The van der Waals surface area contributed by atoms with Gasteiger partial charge in [-0.2, -0.15) is 0 Å². The average Bonchev–Trinajstić information content (AvgIpc) is 2.67. The summed E-state index contributed by atoms with van der Waals surface area (Å²) < 4.78 is 35.7. The van der Waals surface area contributed by atoms with Crippen LogP contribution in [0.4, 0.5) is 8.78 Å². The second-order valence-electron chi connectivity index (χ2n) is 5.05. The summed E-state index contributed by atoms with van der Waals surface area (Å²) in [5, 5.41) is -0.368. The first-order valence-corrected chi connectivity index (χ1v) is 7.74. The zero-order chi connectivity index (χ0) is 20.0. The third-order valence-corrected chi connectivity index (χ3v) is 3.54. The molecule has 0 saturated heterocycles. The van der Waals surface area contributed by atoms with Crippen molar-refractivity contribution in [2.24, 2.45) is 0 Å². The Hall–Kier alpha value is -3.20. The van der Waals surface area contributed by atoms with Crippen molar-refractivity contribution in [2.75, 3.05) is 13.7 Å². The average molecular weight is 399 g/mol. The first kappa shape index (κ1) is 20.1. The molecule has 0 heterocycles. The first-order valence-electron chi connectivity index (χ1n) is 7.36. The molecule has 0 aromatic heterocycles. The standard InChI is InChI=1S/C17H13ClF2N2O5/c1-26-10-4-2-9(3-5-10)16(24)22-21-15(23)8-27-17(25)11-6-13(19)14(20)7-12(11)18/h2-7H,8H2,1H3,(H,21,23)(H,22,24). The van der Waals surface area contributed by atoms with Gasteiger partial charge in [0, 0.05) is 5.56 Å². The van der Waals surface area contributed by atoms with E-state index in [-0.39, 0.29) is 10.6 Å². The van der Waals surface area contributed by atoms with Gasteiger partial charge in [0.1, 0.15) is 5.75 Å². The molecule has 0 aliphatic carbocycles. The van der Waals surface area contributed by atoms with Crippen molar-refractivity contribution in [3.8, 4) is 5.75 Å². The summed E-state index contributed by atoms with van der Waals surface area (Å²) in [4.78, 5) is 35.3. The number of methoxy groups -OCH3 is 1. The van der Waals surface area contributed by atoms with Crippen LogP contribution >= 0.6 is 11.6 Å². The highest BCUT2D eigenvalue weighted by Crippen LogP contribution is 2.20. The Morgan fingerprint density at radius 2 is 1.67 bits per heavy atom. The lowest BCUT2D eigenvalue weighted by Gasteiger charge is -2.09. The number of hydrazine groups is 1. The van der Waals surface area contributed by atoms with E-state index in [0.29, 0.717) is 17.9 Å². The van der Waals surface area contributed by atoms with Crippen LogP contribution in [0.3, 0.4) is 0 Å². The van der Waals surface area contributed by atoms with Gasteiger partial charge in [-0.1, -0.05) is 11.6 Å². The number of ether oxygens (including phenoxy) is 2. The van der Waals surface area contributed by atoms with E-state index in [1.807, 2.05) is 5.43 Å². The van der Waals surface area contributed by atoms with Crippen molar-refractivity contribution in [3.05, 3.63) is 64.2 Å². The van der Waals surface area contributed by atoms with E-state index in [1.165, 1.54) is 19.2 Å². The van der Waals surface area contributed by atoms with Crippen LogP contribution in [0.25, 0.3) is 0 Å². The molecule has 10 heteroatoms. The van der Waals surface area contributed by atoms with Crippen molar-refractivity contribution in [1.29, 1.82) is 0 Å². The maximum Gasteiger partial charge on any atom is 0.340 e. The maximum atomic E-state index is 13.2. The van der Waals surface area contributed by atoms with Crippen molar-refractivity contribution in [2.45, 2.75) is 0 Å². The van der Waals surface area contributed by atoms with E-state index in [0.717, 1.165) is 0 Å². The van der Waals surface area contributed by atoms with Crippen LogP contribution in [0.5, 0.6) is 5.75 Å². The summed E-state index contributed by atoms with van der Waals surface area (Å²) in [5.74, 6) is -4.56. The number of esters is 1. The Morgan fingerprint density at radius 3 is 2.30 bits per heavy atom. The highest BCUT2D eigenvalue weighted by Gasteiger charge is 2.17. The Kier molecular flexibility index (Phi) is 6.67. The Labute approximate surface area is 157 Å². The van der Waals surface area contributed by atoms with Crippen LogP contribution in [0.2, 0.25) is 5.02 Å². The normalized spacial score (nSPS) is 10.1. The minimum absolute atomic E-state index is 0.252. The number of benzene rings is 2. The predicted molar refractivity (Wildman–Crippen MR) is 90.3 cm³/mol. The largest absolute Gasteiger partial charge is 0.497 e. The van der Waals surface area contributed by atoms with Crippen LogP contribution in [0, 0.1) is 11.6 Å². The lowest BCUT2D eigenvalue weighted by molar-refractivity contribution is -0.125. The van der Waals surface area contributed by atoms with Gasteiger partial charge in [0.25, 0.3) is 11.8 Å². The zero-order valence-corrected chi connectivity index (χ0v) is 14.6. The van der Waals surface area contributed by atoms with Gasteiger partial charge in [0.05, 0.1) is 17.7 Å². The minimum atomic E-state index is -1.29. The molecule has 0 bridgehead atoms. The number of halogens is 3. The van der Waals surface area contributed by atoms with Gasteiger partial charge in [0.15, 0.2) is 18.2 Å². The topological polar surface area (TPSA) is 93.7 Å². The molecular weight excluding hydrogens is 386 g/mol. The van der Waals surface area contributed by atoms with Crippen LogP contribution in [0.15, 0.2) is 36.4 Å². The SMILES string of the molecule is COc1ccc(C(=O)NNC(=O)COC(=O)c2cc(F)c(F)cc2Cl)cc1. The van der Waals surface area contributed by atoms with E-state index in [4.69, 9.17) is 16.3 Å². The quantitative estimate of drug-likeness (QED) is 0.457. The van der Waals surface area contributed by atoms with Gasteiger partial charge in [-0.25, -0.2) is 13.6 Å². The second-order valence-corrected chi connectivity index (χ2v) is 5.46. The number of hydrogen-bond donors (Lipinski definition) is 2. The van der Waals surface area contributed by atoms with Crippen molar-refractivity contribution < 1.29 is 32.6 Å². The van der Waals surface area contributed by atoms with E-state index < -0.39 is 41.6 Å². The van der Waals surface area contributed by atoms with Gasteiger partial charge < -0.3 is 9.47 Å². The van der Waals surface area contributed by atoms with Crippen LogP contribution in [-0.2, 0) is 9.53 Å². The molecule has 2 N–H and O–H groups in total. The van der Waals surface area contributed by atoms with Gasteiger partial charge in [0.2, 0.25) is 0 Å². The fourth-order valence-electron chi connectivity index (χ4n) is 1.86. The lowest BCUT2D eigenvalue weighted by atomic mass is 10.2. The van der Waals surface area contributed by atoms with E-state index >= 15 is 0 Å². The molecule has 0 aliphatic rings. The van der Waals surface area contributed by atoms with Crippen LogP contribution in [-0.4, -0.2) is 31.5 Å². The molecule has 27 heavy (non-hydrogen) atoms. The van der Waals surface area contributed by atoms with Gasteiger partial charge >= 0.3 is 5.97 Å². The molecule has 0 saturated carbocycles. The van der Waals surface area contributed by atoms with Crippen LogP contribution < -0.4 is 15.6 Å². The van der Waals surface area contributed by atoms with Crippen LogP contribution in [0.1, 0.15) is 20.7 Å².